The van der Waals surface area contributed by atoms with Crippen molar-refractivity contribution in [1.82, 2.24) is 14.4 Å². The summed E-state index contributed by atoms with van der Waals surface area (Å²) in [5.74, 6) is -0.188. The third-order valence-electron chi connectivity index (χ3n) is 8.38. The number of hydrogen-bond donors (Lipinski definition) is 0. The molecule has 2 aromatic carbocycles. The first kappa shape index (κ1) is 26.3. The lowest BCUT2D eigenvalue weighted by atomic mass is 10.1. The molecule has 3 heterocycles. The van der Waals surface area contributed by atoms with Gasteiger partial charge in [-0.15, -0.1) is 0 Å². The molecule has 6 nitrogen and oxygen atoms in total. The van der Waals surface area contributed by atoms with Crippen LogP contribution in [0.3, 0.4) is 0 Å². The molecule has 0 atom stereocenters. The highest BCUT2D eigenvalue weighted by Crippen LogP contribution is 2.34. The van der Waals surface area contributed by atoms with E-state index in [-0.39, 0.29) is 11.7 Å². The molecular weight excluding hydrogens is 477 g/mol. The highest BCUT2D eigenvalue weighted by atomic mass is 19.1. The molecular formula is C31H40FN5O. The van der Waals surface area contributed by atoms with Gasteiger partial charge in [-0.3, -0.25) is 4.79 Å². The number of benzene rings is 2. The minimum absolute atomic E-state index is 0.0461. The molecule has 0 aliphatic carbocycles. The van der Waals surface area contributed by atoms with E-state index in [4.69, 9.17) is 0 Å². The maximum Gasteiger partial charge on any atom is 0.270 e. The van der Waals surface area contributed by atoms with E-state index in [1.807, 2.05) is 17.0 Å². The topological polar surface area (TPSA) is 35.0 Å². The zero-order chi connectivity index (χ0) is 26.8. The van der Waals surface area contributed by atoms with Crippen LogP contribution in [-0.4, -0.2) is 79.2 Å². The molecule has 38 heavy (non-hydrogen) atoms. The molecule has 2 aliphatic rings. The molecule has 0 N–H and O–H groups in total. The minimum atomic E-state index is -0.235. The predicted molar refractivity (Wildman–Crippen MR) is 153 cm³/mol. The molecule has 2 saturated heterocycles. The van der Waals surface area contributed by atoms with E-state index in [2.05, 4.69) is 71.2 Å². The van der Waals surface area contributed by atoms with E-state index in [1.165, 1.54) is 17.3 Å². The van der Waals surface area contributed by atoms with Crippen LogP contribution in [0.4, 0.5) is 15.8 Å². The Morgan fingerprint density at radius 3 is 2.11 bits per heavy atom. The second kappa shape index (κ2) is 11.2. The van der Waals surface area contributed by atoms with Gasteiger partial charge in [0.15, 0.2) is 0 Å². The van der Waals surface area contributed by atoms with Crippen LogP contribution in [0.25, 0.3) is 0 Å². The van der Waals surface area contributed by atoms with Crippen LogP contribution >= 0.6 is 0 Å². The number of halogens is 1. The van der Waals surface area contributed by atoms with Crippen LogP contribution in [0, 0.1) is 26.6 Å². The number of nitrogens with zero attached hydrogens (tertiary/aromatic N) is 5. The zero-order valence-electron chi connectivity index (χ0n) is 23.2. The molecule has 5 rings (SSSR count). The lowest BCUT2D eigenvalue weighted by Crippen LogP contribution is -2.49. The summed E-state index contributed by atoms with van der Waals surface area (Å²) in [5.41, 5.74) is 6.98. The number of para-hydroxylation sites is 1. The molecule has 2 fully saturated rings. The summed E-state index contributed by atoms with van der Waals surface area (Å²) in [4.78, 5) is 23.4. The maximum absolute atomic E-state index is 14.7. The highest BCUT2D eigenvalue weighted by Gasteiger charge is 2.31. The first-order valence-corrected chi connectivity index (χ1v) is 13.9. The average molecular weight is 518 g/mol. The number of aromatic nitrogens is 1. The number of rotatable bonds is 6. The monoisotopic (exact) mass is 517 g/mol. The summed E-state index contributed by atoms with van der Waals surface area (Å²) in [5, 5.41) is 0. The third kappa shape index (κ3) is 5.04. The SMILES string of the molecule is CCN1CCN(c2c(C)c(C(=O)N3CCN(c4ccccc4C)CC3)n(Cc3ccccc3F)c2C)CC1. The average Bonchev–Trinajstić information content (AvgIpc) is 3.18. The number of carbonyl (C=O) groups excluding carboxylic acids is 1. The largest absolute Gasteiger partial charge is 0.368 e. The van der Waals surface area contributed by atoms with Gasteiger partial charge in [0.1, 0.15) is 11.5 Å². The molecule has 7 heteroatoms. The number of amides is 1. The molecule has 1 aromatic heterocycles. The molecule has 0 saturated carbocycles. The van der Waals surface area contributed by atoms with Crippen molar-refractivity contribution in [1.29, 1.82) is 0 Å². The summed E-state index contributed by atoms with van der Waals surface area (Å²) in [6.45, 7) is 16.7. The first-order chi connectivity index (χ1) is 18.4. The van der Waals surface area contributed by atoms with Gasteiger partial charge in [-0.2, -0.15) is 0 Å². The van der Waals surface area contributed by atoms with Crippen molar-refractivity contribution in [3.8, 4) is 0 Å². The number of hydrogen-bond acceptors (Lipinski definition) is 4. The predicted octanol–water partition coefficient (Wildman–Crippen LogP) is 4.71. The van der Waals surface area contributed by atoms with Gasteiger partial charge in [-0.05, 0) is 45.0 Å². The number of aryl methyl sites for hydroxylation is 1. The van der Waals surface area contributed by atoms with Gasteiger partial charge in [-0.1, -0.05) is 43.3 Å². The Labute approximate surface area is 226 Å². The van der Waals surface area contributed by atoms with Crippen molar-refractivity contribution in [3.05, 3.63) is 82.4 Å². The second-order valence-electron chi connectivity index (χ2n) is 10.6. The first-order valence-electron chi connectivity index (χ1n) is 13.9. The summed E-state index contributed by atoms with van der Waals surface area (Å²) in [7, 11) is 0. The van der Waals surface area contributed by atoms with Crippen molar-refractivity contribution < 1.29 is 9.18 Å². The Bertz CT molecular complexity index is 1290. The molecule has 0 unspecified atom stereocenters. The Kier molecular flexibility index (Phi) is 7.75. The highest BCUT2D eigenvalue weighted by molar-refractivity contribution is 5.97. The number of piperazine rings is 2. The Morgan fingerprint density at radius 1 is 0.816 bits per heavy atom. The Balaban J connectivity index is 1.44. The van der Waals surface area contributed by atoms with Crippen molar-refractivity contribution >= 4 is 17.3 Å². The van der Waals surface area contributed by atoms with E-state index in [1.54, 1.807) is 6.07 Å². The maximum atomic E-state index is 14.7. The van der Waals surface area contributed by atoms with Crippen LogP contribution in [0.15, 0.2) is 48.5 Å². The summed E-state index contributed by atoms with van der Waals surface area (Å²) in [6.07, 6.45) is 0. The molecule has 202 valence electrons. The fourth-order valence-electron chi connectivity index (χ4n) is 6.12. The fourth-order valence-corrected chi connectivity index (χ4v) is 6.12. The second-order valence-corrected chi connectivity index (χ2v) is 10.6. The van der Waals surface area contributed by atoms with Crippen LogP contribution in [-0.2, 0) is 6.54 Å². The minimum Gasteiger partial charge on any atom is -0.368 e. The van der Waals surface area contributed by atoms with Crippen LogP contribution < -0.4 is 9.80 Å². The standard InChI is InChI=1S/C31H40FN5O/c1-5-33-14-16-35(17-15-33)29-24(3)30(37(25(29)4)22-26-11-7-8-12-27(26)32)31(38)36-20-18-34(19-21-36)28-13-9-6-10-23(28)2/h6-13H,5,14-22H2,1-4H3. The van der Waals surface area contributed by atoms with E-state index in [9.17, 15) is 9.18 Å². The number of anilines is 2. The molecule has 0 bridgehead atoms. The molecule has 2 aliphatic heterocycles. The molecule has 3 aromatic rings. The van der Waals surface area contributed by atoms with Gasteiger partial charge in [0.25, 0.3) is 5.91 Å². The van der Waals surface area contributed by atoms with Gasteiger partial charge in [0.05, 0.1) is 12.2 Å². The van der Waals surface area contributed by atoms with E-state index in [0.717, 1.165) is 62.8 Å². The molecule has 1 amide bonds. The van der Waals surface area contributed by atoms with Crippen LogP contribution in [0.5, 0.6) is 0 Å². The fraction of sp³-hybridized carbons (Fsp3) is 0.452. The summed E-state index contributed by atoms with van der Waals surface area (Å²) >= 11 is 0. The lowest BCUT2D eigenvalue weighted by molar-refractivity contribution is 0.0735. The van der Waals surface area contributed by atoms with Crippen molar-refractivity contribution in [3.63, 3.8) is 0 Å². The van der Waals surface area contributed by atoms with Crippen LogP contribution in [0.2, 0.25) is 0 Å². The normalized spacial score (nSPS) is 16.8. The van der Waals surface area contributed by atoms with Gasteiger partial charge < -0.3 is 24.2 Å². The quantitative estimate of drug-likeness (QED) is 0.475. The lowest BCUT2D eigenvalue weighted by Gasteiger charge is -2.37. The van der Waals surface area contributed by atoms with E-state index >= 15 is 0 Å². The van der Waals surface area contributed by atoms with Crippen LogP contribution in [0.1, 0.15) is 39.8 Å². The summed E-state index contributed by atoms with van der Waals surface area (Å²) < 4.78 is 16.8. The third-order valence-corrected chi connectivity index (χ3v) is 8.38. The summed E-state index contributed by atoms with van der Waals surface area (Å²) in [6, 6.07) is 15.3. The van der Waals surface area contributed by atoms with Gasteiger partial charge in [0, 0.05) is 74.9 Å². The number of carbonyl (C=O) groups is 1. The smallest absolute Gasteiger partial charge is 0.270 e. The van der Waals surface area contributed by atoms with Gasteiger partial charge >= 0.3 is 0 Å². The van der Waals surface area contributed by atoms with Gasteiger partial charge in [-0.25, -0.2) is 4.39 Å². The molecule has 0 radical (unpaired) electrons. The Hall–Kier alpha value is -3.32. The molecule has 0 spiro atoms. The van der Waals surface area contributed by atoms with E-state index < -0.39 is 0 Å². The number of likely N-dealkylation sites (N-methyl/N-ethyl adjacent to an activating group) is 1. The van der Waals surface area contributed by atoms with Gasteiger partial charge in [0.2, 0.25) is 0 Å². The zero-order valence-corrected chi connectivity index (χ0v) is 23.2. The van der Waals surface area contributed by atoms with Crippen molar-refractivity contribution in [2.75, 3.05) is 68.7 Å². The van der Waals surface area contributed by atoms with Crippen molar-refractivity contribution in [2.24, 2.45) is 0 Å². The van der Waals surface area contributed by atoms with E-state index in [0.29, 0.717) is 30.9 Å². The van der Waals surface area contributed by atoms with Crippen molar-refractivity contribution in [2.45, 2.75) is 34.2 Å². The Morgan fingerprint density at radius 2 is 1.45 bits per heavy atom.